The molecule has 7 N–H and O–H groups in total. The molecule has 6 heterocycles. The van der Waals surface area contributed by atoms with Gasteiger partial charge in [-0.1, -0.05) is 54.1 Å². The van der Waals surface area contributed by atoms with E-state index in [0.29, 0.717) is 69.9 Å². The minimum absolute atomic E-state index is 0.0206. The number of carbonyl (C=O) groups is 8. The summed E-state index contributed by atoms with van der Waals surface area (Å²) in [5.74, 6) is 2.33. The number of fused-ring (bicyclic) bond motifs is 3. The van der Waals surface area contributed by atoms with Crippen LogP contribution in [-0.2, 0) is 45.5 Å². The van der Waals surface area contributed by atoms with E-state index in [1.807, 2.05) is 18.2 Å². The Morgan fingerprint density at radius 3 is 2.49 bits per heavy atom. The fourth-order valence-corrected chi connectivity index (χ4v) is 13.0. The number of unbranched alkanes of at least 4 members (excludes halogenated alkanes) is 3. The van der Waals surface area contributed by atoms with E-state index in [4.69, 9.17) is 17.3 Å². The van der Waals surface area contributed by atoms with Crippen molar-refractivity contribution in [2.24, 2.45) is 5.73 Å². The van der Waals surface area contributed by atoms with E-state index in [1.165, 1.54) is 38.2 Å². The largest absolute Gasteiger partial charge is 0.399 e. The van der Waals surface area contributed by atoms with Crippen LogP contribution in [0, 0.1) is 11.8 Å². The van der Waals surface area contributed by atoms with E-state index < -0.39 is 78.6 Å². The molecule has 19 nitrogen and oxygen atoms in total. The molecular weight excluding hydrogens is 1110 g/mol. The molecule has 0 aliphatic carbocycles. The first-order valence-corrected chi connectivity index (χ1v) is 29.2. The molecule has 5 aromatic rings. The van der Waals surface area contributed by atoms with Gasteiger partial charge in [-0.25, -0.2) is 4.98 Å². The predicted molar refractivity (Wildman–Crippen MR) is 288 cm³/mol. The van der Waals surface area contributed by atoms with Gasteiger partial charge >= 0.3 is 13.3 Å². The van der Waals surface area contributed by atoms with E-state index in [1.54, 1.807) is 30.5 Å². The third kappa shape index (κ3) is 12.6. The molecule has 0 radical (unpaired) electrons. The summed E-state index contributed by atoms with van der Waals surface area (Å²) < 4.78 is 41.4. The molecular formula is C54H54ClF2N8O11PS2. The number of nitrogens with one attached hydrogen (secondary N) is 3. The molecule has 9 rings (SSSR count). The van der Waals surface area contributed by atoms with E-state index in [2.05, 4.69) is 32.8 Å². The molecule has 3 fully saturated rings. The number of thiazole rings is 1. The molecule has 414 valence electrons. The van der Waals surface area contributed by atoms with Gasteiger partial charge in [-0.3, -0.25) is 48.2 Å². The normalized spacial score (nSPS) is 19.9. The lowest BCUT2D eigenvalue weighted by atomic mass is 10.0. The van der Waals surface area contributed by atoms with Crippen LogP contribution < -0.4 is 21.7 Å². The number of benzene rings is 3. The lowest BCUT2D eigenvalue weighted by molar-refractivity contribution is -0.145. The summed E-state index contributed by atoms with van der Waals surface area (Å²) in [6.45, 7) is 0.0994. The second kappa shape index (κ2) is 23.8. The van der Waals surface area contributed by atoms with Gasteiger partial charge in [0.05, 0.1) is 15.8 Å². The Hall–Kier alpha value is -6.93. The van der Waals surface area contributed by atoms with Crippen LogP contribution in [0.5, 0.6) is 0 Å². The van der Waals surface area contributed by atoms with Crippen LogP contribution in [-0.4, -0.2) is 114 Å². The van der Waals surface area contributed by atoms with Crippen LogP contribution >= 0.6 is 41.9 Å². The fraction of sp³-hybridized carbons (Fsp3) is 0.389. The summed E-state index contributed by atoms with van der Waals surface area (Å²) in [5, 5.41) is 9.20. The lowest BCUT2D eigenvalue weighted by Crippen LogP contribution is -2.61. The molecule has 3 aromatic carbocycles. The van der Waals surface area contributed by atoms with Crippen molar-refractivity contribution in [2.45, 2.75) is 119 Å². The zero-order valence-corrected chi connectivity index (χ0v) is 45.5. The average Bonchev–Trinajstić information content (AvgIpc) is 4.46. The van der Waals surface area contributed by atoms with E-state index >= 15 is 0 Å². The number of carbonyl (C=O) groups excluding carboxylic acids is 8. The van der Waals surface area contributed by atoms with E-state index in [0.717, 1.165) is 33.9 Å². The summed E-state index contributed by atoms with van der Waals surface area (Å²) in [6, 6.07) is 12.1. The number of thiophene rings is 1. The molecule has 0 spiro atoms. The van der Waals surface area contributed by atoms with Crippen LogP contribution in [0.3, 0.4) is 0 Å². The van der Waals surface area contributed by atoms with Gasteiger partial charge in [0.1, 0.15) is 23.1 Å². The van der Waals surface area contributed by atoms with E-state index in [-0.39, 0.29) is 86.1 Å². The SMILES string of the molecule is NC(=O)CCC(NC(=O)[C@@H]1CC[C@@H]2CCN(C(=O)CCCCCC#Cc3cccc4c3CN(C3CCC(=O)NC3=O)C4=O)C[C@H](NC(=O)c3cc4cc(C(F)(F)P(=O)(O)O)ccc4s3)C(=O)N21)c1ncc(-c2ccc(Cl)cc2)s1. The highest BCUT2D eigenvalue weighted by atomic mass is 35.5. The van der Waals surface area contributed by atoms with Gasteiger partial charge in [0.15, 0.2) is 0 Å². The predicted octanol–water partition coefficient (Wildman–Crippen LogP) is 6.48. The Kier molecular flexibility index (Phi) is 17.1. The van der Waals surface area contributed by atoms with Gasteiger partial charge in [0.2, 0.25) is 35.4 Å². The number of hydrogen-bond acceptors (Lipinski definition) is 12. The summed E-state index contributed by atoms with van der Waals surface area (Å²) in [5.41, 5.74) is 2.74. The number of halogens is 3. The molecule has 4 aliphatic rings. The van der Waals surface area contributed by atoms with Crippen molar-refractivity contribution in [3.63, 3.8) is 0 Å². The zero-order valence-electron chi connectivity index (χ0n) is 42.3. The summed E-state index contributed by atoms with van der Waals surface area (Å²) in [6.07, 6.45) is 5.31. The standard InChI is InChI=1S/C54H54ClF2N8O11PS2/c55-34-14-11-31(12-15-34)44-27-59-51(79-44)38(17-21-45(58)66)60-49(70)41-18-16-35-23-24-63(29-39(53(73)65(35)41)61-50(71)43-26-32-25-33(13-20-42(32)78-43)54(56,57)77(74,75)76)47(68)10-5-3-1-2-4-7-30-8-6-9-36-37(30)28-64(52(36)72)40-19-22-46(67)62-48(40)69/h6,8-9,11-15,20,25-27,35,38-41H,1-3,5,10,16-19,21-24,28-29H2,(H2,58,66)(H,60,70)(H,61,71)(H,62,67,69)(H2,74,75,76)/t35-,38?,39+,40?,41+/m1/s1. The summed E-state index contributed by atoms with van der Waals surface area (Å²) >= 11 is 8.30. The number of alkyl halides is 2. The second-order valence-corrected chi connectivity index (χ2v) is 24.1. The molecule has 25 heteroatoms. The van der Waals surface area contributed by atoms with Crippen LogP contribution in [0.2, 0.25) is 5.02 Å². The molecule has 0 bridgehead atoms. The third-order valence-corrected chi connectivity index (χ3v) is 18.1. The van der Waals surface area contributed by atoms with Crippen molar-refractivity contribution in [3.05, 3.63) is 110 Å². The third-order valence-electron chi connectivity index (χ3n) is 14.5. The van der Waals surface area contributed by atoms with Gasteiger partial charge in [0.25, 0.3) is 11.8 Å². The first kappa shape index (κ1) is 56.8. The van der Waals surface area contributed by atoms with Crippen LogP contribution in [0.4, 0.5) is 8.78 Å². The highest BCUT2D eigenvalue weighted by molar-refractivity contribution is 7.52. The fourth-order valence-electron chi connectivity index (χ4n) is 10.4. The molecule has 8 amide bonds. The van der Waals surface area contributed by atoms with Crippen LogP contribution in [0.1, 0.15) is 125 Å². The van der Waals surface area contributed by atoms with Gasteiger partial charge in [-0.15, -0.1) is 22.7 Å². The Balaban J connectivity index is 0.881. The minimum atomic E-state index is -5.90. The Morgan fingerprint density at radius 1 is 0.962 bits per heavy atom. The maximum Gasteiger partial charge on any atom is 0.399 e. The second-order valence-electron chi connectivity index (χ2n) is 19.8. The van der Waals surface area contributed by atoms with E-state index in [9.17, 15) is 61.5 Å². The van der Waals surface area contributed by atoms with Crippen molar-refractivity contribution >= 4 is 99.2 Å². The molecule has 0 saturated carbocycles. The van der Waals surface area contributed by atoms with Gasteiger partial charge in [0, 0.05) is 84.0 Å². The van der Waals surface area contributed by atoms with Crippen molar-refractivity contribution in [1.29, 1.82) is 0 Å². The number of hydrogen-bond donors (Lipinski definition) is 6. The zero-order chi connectivity index (χ0) is 56.3. The number of primary amides is 1. The lowest BCUT2D eigenvalue weighted by Gasteiger charge is -2.39. The first-order chi connectivity index (χ1) is 37.7. The molecule has 2 unspecified atom stereocenters. The van der Waals surface area contributed by atoms with Crippen molar-refractivity contribution < 1.29 is 61.5 Å². The monoisotopic (exact) mass is 1160 g/mol. The number of nitrogens with zero attached hydrogens (tertiary/aromatic N) is 4. The highest BCUT2D eigenvalue weighted by Gasteiger charge is 2.51. The Labute approximate surface area is 464 Å². The Morgan fingerprint density at radius 2 is 1.75 bits per heavy atom. The first-order valence-electron chi connectivity index (χ1n) is 25.6. The summed E-state index contributed by atoms with van der Waals surface area (Å²) in [4.78, 5) is 136. The van der Waals surface area contributed by atoms with Gasteiger partial charge < -0.3 is 40.9 Å². The minimum Gasteiger partial charge on any atom is -0.370 e. The topological polar surface area (TPSA) is 279 Å². The van der Waals surface area contributed by atoms with Crippen molar-refractivity contribution in [1.82, 2.24) is 35.6 Å². The quantitative estimate of drug-likeness (QED) is 0.0253. The average molecular weight is 1160 g/mol. The number of imide groups is 1. The number of piperidine rings is 1. The maximum absolute atomic E-state index is 15.0. The smallest absolute Gasteiger partial charge is 0.370 e. The number of nitrogens with two attached hydrogens (primary N) is 1. The van der Waals surface area contributed by atoms with Crippen molar-refractivity contribution in [2.75, 3.05) is 13.1 Å². The van der Waals surface area contributed by atoms with Crippen LogP contribution in [0.15, 0.2) is 72.9 Å². The molecule has 5 atom stereocenters. The number of amides is 8. The number of rotatable bonds is 17. The summed E-state index contributed by atoms with van der Waals surface area (Å²) in [7, 11) is -5.90. The van der Waals surface area contributed by atoms with Gasteiger partial charge in [-0.05, 0) is 104 Å². The molecule has 79 heavy (non-hydrogen) atoms. The molecule has 4 aliphatic heterocycles. The van der Waals surface area contributed by atoms with Crippen LogP contribution in [0.25, 0.3) is 20.5 Å². The Bertz CT molecular complexity index is 3380. The molecule has 3 saturated heterocycles. The van der Waals surface area contributed by atoms with Gasteiger partial charge in [-0.2, -0.15) is 8.78 Å². The number of aromatic nitrogens is 1. The molecule has 2 aromatic heterocycles. The maximum atomic E-state index is 15.0. The van der Waals surface area contributed by atoms with Crippen molar-refractivity contribution in [3.8, 4) is 22.3 Å². The highest BCUT2D eigenvalue weighted by Crippen LogP contribution is 2.59.